The quantitative estimate of drug-likeness (QED) is 0.705. The summed E-state index contributed by atoms with van der Waals surface area (Å²) in [6.45, 7) is 8.81. The molecule has 0 fully saturated rings. The van der Waals surface area contributed by atoms with Crippen molar-refractivity contribution in [2.45, 2.75) is 39.7 Å². The minimum absolute atomic E-state index is 0.0729. The van der Waals surface area contributed by atoms with Gasteiger partial charge in [0.2, 0.25) is 5.95 Å². The summed E-state index contributed by atoms with van der Waals surface area (Å²) in [4.78, 5) is 8.58. The lowest BCUT2D eigenvalue weighted by Gasteiger charge is -2.28. The number of aryl methyl sites for hydroxylation is 1. The number of nitrogens with one attached hydrogen (secondary N) is 2. The molecule has 0 aliphatic heterocycles. The summed E-state index contributed by atoms with van der Waals surface area (Å²) in [5.74, 6) is 1.38. The zero-order chi connectivity index (χ0) is 12.9. The molecule has 1 heterocycles. The molecule has 5 nitrogen and oxygen atoms in total. The number of hydrogen-bond donors (Lipinski definition) is 3. The van der Waals surface area contributed by atoms with E-state index in [9.17, 15) is 5.11 Å². The van der Waals surface area contributed by atoms with Gasteiger partial charge in [-0.2, -0.15) is 4.98 Å². The molecule has 0 amide bonds. The van der Waals surface area contributed by atoms with Gasteiger partial charge in [0.25, 0.3) is 0 Å². The minimum atomic E-state index is -0.345. The second kappa shape index (κ2) is 5.82. The molecule has 1 atom stereocenters. The van der Waals surface area contributed by atoms with Crippen LogP contribution in [0, 0.1) is 6.92 Å². The molecule has 0 spiro atoms. The van der Waals surface area contributed by atoms with Crippen molar-refractivity contribution in [2.75, 3.05) is 23.8 Å². The van der Waals surface area contributed by atoms with Crippen LogP contribution >= 0.6 is 0 Å². The summed E-state index contributed by atoms with van der Waals surface area (Å²) in [7, 11) is 0. The molecule has 96 valence electrons. The van der Waals surface area contributed by atoms with Crippen molar-refractivity contribution in [1.82, 2.24) is 9.97 Å². The van der Waals surface area contributed by atoms with Gasteiger partial charge in [0.1, 0.15) is 5.82 Å². The van der Waals surface area contributed by atoms with Crippen molar-refractivity contribution in [3.05, 3.63) is 11.8 Å². The van der Waals surface area contributed by atoms with Crippen molar-refractivity contribution in [1.29, 1.82) is 0 Å². The molecular formula is C12H22N4O. The number of hydrogen-bond acceptors (Lipinski definition) is 5. The van der Waals surface area contributed by atoms with Crippen molar-refractivity contribution in [3.8, 4) is 0 Å². The van der Waals surface area contributed by atoms with Gasteiger partial charge in [-0.15, -0.1) is 0 Å². The first-order chi connectivity index (χ1) is 8.04. The highest BCUT2D eigenvalue weighted by Crippen LogP contribution is 2.20. The summed E-state index contributed by atoms with van der Waals surface area (Å²) in [6.07, 6.45) is 2.60. The van der Waals surface area contributed by atoms with Gasteiger partial charge >= 0.3 is 0 Å². The highest BCUT2D eigenvalue weighted by atomic mass is 16.3. The van der Waals surface area contributed by atoms with Crippen molar-refractivity contribution < 1.29 is 5.11 Å². The molecule has 1 unspecified atom stereocenters. The highest BCUT2D eigenvalue weighted by Gasteiger charge is 2.22. The number of aliphatic hydroxyl groups excluding tert-OH is 1. The average Bonchev–Trinajstić information content (AvgIpc) is 2.33. The maximum atomic E-state index is 9.39. The third-order valence-corrected chi connectivity index (χ3v) is 2.86. The monoisotopic (exact) mass is 238 g/mol. The van der Waals surface area contributed by atoms with Gasteiger partial charge in [0, 0.05) is 18.3 Å². The number of aromatic nitrogens is 2. The minimum Gasteiger partial charge on any atom is -0.394 e. The number of aliphatic hydroxyl groups is 1. The molecule has 0 aliphatic carbocycles. The van der Waals surface area contributed by atoms with Gasteiger partial charge in [0.15, 0.2) is 0 Å². The maximum Gasteiger partial charge on any atom is 0.224 e. The van der Waals surface area contributed by atoms with Crippen LogP contribution in [0.5, 0.6) is 0 Å². The highest BCUT2D eigenvalue weighted by molar-refractivity contribution is 5.48. The van der Waals surface area contributed by atoms with Crippen LogP contribution < -0.4 is 10.6 Å². The predicted octanol–water partition coefficient (Wildman–Crippen LogP) is 1.79. The Morgan fingerprint density at radius 3 is 2.65 bits per heavy atom. The van der Waals surface area contributed by atoms with Crippen molar-refractivity contribution in [2.24, 2.45) is 0 Å². The molecule has 0 aromatic carbocycles. The fraction of sp³-hybridized carbons (Fsp3) is 0.667. The summed E-state index contributed by atoms with van der Waals surface area (Å²) in [5.41, 5.74) is 0.627. The van der Waals surface area contributed by atoms with E-state index in [2.05, 4.69) is 20.6 Å². The Morgan fingerprint density at radius 1 is 1.41 bits per heavy atom. The summed E-state index contributed by atoms with van der Waals surface area (Å²) < 4.78 is 0. The van der Waals surface area contributed by atoms with E-state index in [1.165, 1.54) is 0 Å². The van der Waals surface area contributed by atoms with Crippen LogP contribution in [0.2, 0.25) is 0 Å². The van der Waals surface area contributed by atoms with E-state index >= 15 is 0 Å². The van der Waals surface area contributed by atoms with E-state index in [1.54, 1.807) is 6.20 Å². The van der Waals surface area contributed by atoms with Crippen LogP contribution in [0.15, 0.2) is 6.20 Å². The normalized spacial score (nSPS) is 14.2. The van der Waals surface area contributed by atoms with Gasteiger partial charge in [-0.3, -0.25) is 0 Å². The SMILES string of the molecule is CCNc1ncc(C)c(NC(C)(CC)CO)n1. The Bertz CT molecular complexity index is 364. The van der Waals surface area contributed by atoms with Gasteiger partial charge in [-0.25, -0.2) is 4.98 Å². The molecule has 3 N–H and O–H groups in total. The van der Waals surface area contributed by atoms with Gasteiger partial charge in [-0.05, 0) is 27.2 Å². The molecular weight excluding hydrogens is 216 g/mol. The van der Waals surface area contributed by atoms with Gasteiger partial charge in [-0.1, -0.05) is 6.92 Å². The topological polar surface area (TPSA) is 70.1 Å². The van der Waals surface area contributed by atoms with Crippen molar-refractivity contribution >= 4 is 11.8 Å². The molecule has 5 heteroatoms. The van der Waals surface area contributed by atoms with E-state index in [0.717, 1.165) is 24.3 Å². The molecule has 17 heavy (non-hydrogen) atoms. The first-order valence-electron chi connectivity index (χ1n) is 6.01. The smallest absolute Gasteiger partial charge is 0.224 e. The lowest BCUT2D eigenvalue weighted by molar-refractivity contribution is 0.218. The predicted molar refractivity (Wildman–Crippen MR) is 70.3 cm³/mol. The van der Waals surface area contributed by atoms with Gasteiger partial charge < -0.3 is 15.7 Å². The standard InChI is InChI=1S/C12H22N4O/c1-5-12(4,8-17)16-10-9(3)7-14-11(15-10)13-6-2/h7,17H,5-6,8H2,1-4H3,(H2,13,14,15,16). The fourth-order valence-corrected chi connectivity index (χ4v) is 1.34. The van der Waals surface area contributed by atoms with Crippen LogP contribution in [0.3, 0.4) is 0 Å². The van der Waals surface area contributed by atoms with E-state index in [-0.39, 0.29) is 12.1 Å². The zero-order valence-electron chi connectivity index (χ0n) is 11.0. The summed E-state index contributed by atoms with van der Waals surface area (Å²) in [6, 6.07) is 0. The molecule has 0 saturated heterocycles. The lowest BCUT2D eigenvalue weighted by atomic mass is 10.0. The van der Waals surface area contributed by atoms with Crippen LogP contribution in [-0.2, 0) is 0 Å². The zero-order valence-corrected chi connectivity index (χ0v) is 11.0. The summed E-state index contributed by atoms with van der Waals surface area (Å²) in [5, 5.41) is 15.7. The molecule has 0 saturated carbocycles. The first kappa shape index (κ1) is 13.7. The first-order valence-corrected chi connectivity index (χ1v) is 6.01. The van der Waals surface area contributed by atoms with Crippen LogP contribution in [-0.4, -0.2) is 33.8 Å². The van der Waals surface area contributed by atoms with E-state index < -0.39 is 0 Å². The van der Waals surface area contributed by atoms with E-state index in [1.807, 2.05) is 27.7 Å². The van der Waals surface area contributed by atoms with Crippen LogP contribution in [0.25, 0.3) is 0 Å². The third kappa shape index (κ3) is 3.56. The molecule has 0 bridgehead atoms. The Labute approximate surface area is 103 Å². The molecule has 1 aromatic rings. The van der Waals surface area contributed by atoms with Crippen LogP contribution in [0.1, 0.15) is 32.8 Å². The Hall–Kier alpha value is -1.36. The fourth-order valence-electron chi connectivity index (χ4n) is 1.34. The van der Waals surface area contributed by atoms with Gasteiger partial charge in [0.05, 0.1) is 12.1 Å². The Kier molecular flexibility index (Phi) is 4.69. The van der Waals surface area contributed by atoms with Crippen molar-refractivity contribution in [3.63, 3.8) is 0 Å². The largest absolute Gasteiger partial charge is 0.394 e. The molecule has 0 radical (unpaired) electrons. The van der Waals surface area contributed by atoms with Crippen LogP contribution in [0.4, 0.5) is 11.8 Å². The second-order valence-electron chi connectivity index (χ2n) is 4.45. The molecule has 1 aromatic heterocycles. The maximum absolute atomic E-state index is 9.39. The Balaban J connectivity index is 2.92. The van der Waals surface area contributed by atoms with E-state index in [0.29, 0.717) is 5.95 Å². The number of anilines is 2. The number of nitrogens with zero attached hydrogens (tertiary/aromatic N) is 2. The molecule has 1 rings (SSSR count). The number of rotatable bonds is 6. The second-order valence-corrected chi connectivity index (χ2v) is 4.45. The van der Waals surface area contributed by atoms with E-state index in [4.69, 9.17) is 0 Å². The lowest BCUT2D eigenvalue weighted by Crippen LogP contribution is -2.38. The average molecular weight is 238 g/mol. The third-order valence-electron chi connectivity index (χ3n) is 2.86. The molecule has 0 aliphatic rings. The Morgan fingerprint density at radius 2 is 2.12 bits per heavy atom. The summed E-state index contributed by atoms with van der Waals surface area (Å²) >= 11 is 0.